The van der Waals surface area contributed by atoms with Crippen molar-refractivity contribution in [3.8, 4) is 5.75 Å². The number of methoxy groups -OCH3 is 1. The van der Waals surface area contributed by atoms with Gasteiger partial charge in [0, 0.05) is 24.8 Å². The van der Waals surface area contributed by atoms with Gasteiger partial charge in [-0.05, 0) is 31.0 Å². The molecule has 0 fully saturated rings. The Kier molecular flexibility index (Phi) is 10.3. The molecule has 0 bridgehead atoms. The van der Waals surface area contributed by atoms with Gasteiger partial charge >= 0.3 is 0 Å². The molecule has 0 spiro atoms. The SMILES string of the molecule is CCNC(=NCc1ccccc1OC)NCCc1ccc(Cl)nc1.I. The molecule has 136 valence electrons. The van der Waals surface area contributed by atoms with Gasteiger partial charge in [-0.3, -0.25) is 0 Å². The Morgan fingerprint density at radius 1 is 1.20 bits per heavy atom. The molecule has 0 saturated carbocycles. The molecule has 5 nitrogen and oxygen atoms in total. The first-order valence-corrected chi connectivity index (χ1v) is 8.35. The van der Waals surface area contributed by atoms with Gasteiger partial charge in [-0.15, -0.1) is 24.0 Å². The van der Waals surface area contributed by atoms with E-state index >= 15 is 0 Å². The van der Waals surface area contributed by atoms with Crippen molar-refractivity contribution in [1.82, 2.24) is 15.6 Å². The highest BCUT2D eigenvalue weighted by Crippen LogP contribution is 2.17. The van der Waals surface area contributed by atoms with Gasteiger partial charge in [0.1, 0.15) is 10.9 Å². The summed E-state index contributed by atoms with van der Waals surface area (Å²) in [5.74, 6) is 1.63. The molecule has 0 radical (unpaired) electrons. The van der Waals surface area contributed by atoms with Crippen molar-refractivity contribution in [2.45, 2.75) is 19.9 Å². The maximum Gasteiger partial charge on any atom is 0.191 e. The summed E-state index contributed by atoms with van der Waals surface area (Å²) in [7, 11) is 1.67. The van der Waals surface area contributed by atoms with Gasteiger partial charge in [0.05, 0.1) is 13.7 Å². The van der Waals surface area contributed by atoms with Gasteiger partial charge in [-0.1, -0.05) is 35.9 Å². The number of aromatic nitrogens is 1. The third kappa shape index (κ3) is 7.48. The van der Waals surface area contributed by atoms with Gasteiger partial charge in [0.2, 0.25) is 0 Å². The Hall–Kier alpha value is -1.54. The smallest absolute Gasteiger partial charge is 0.191 e. The van der Waals surface area contributed by atoms with E-state index in [1.54, 1.807) is 19.4 Å². The zero-order valence-corrected chi connectivity index (χ0v) is 17.5. The Bertz CT molecular complexity index is 664. The molecular weight excluding hydrogens is 451 g/mol. The third-order valence-corrected chi connectivity index (χ3v) is 3.66. The van der Waals surface area contributed by atoms with Crippen molar-refractivity contribution < 1.29 is 4.74 Å². The molecule has 0 aliphatic heterocycles. The highest BCUT2D eigenvalue weighted by molar-refractivity contribution is 14.0. The molecule has 1 aromatic heterocycles. The molecule has 0 atom stereocenters. The summed E-state index contributed by atoms with van der Waals surface area (Å²) >= 11 is 5.80. The average molecular weight is 475 g/mol. The van der Waals surface area contributed by atoms with Crippen molar-refractivity contribution in [3.63, 3.8) is 0 Å². The van der Waals surface area contributed by atoms with Crippen LogP contribution in [-0.2, 0) is 13.0 Å². The van der Waals surface area contributed by atoms with Crippen molar-refractivity contribution in [3.05, 3.63) is 58.9 Å². The van der Waals surface area contributed by atoms with Crippen LogP contribution in [0.2, 0.25) is 5.15 Å². The molecular formula is C18H24ClIN4O. The number of guanidine groups is 1. The number of nitrogens with one attached hydrogen (secondary N) is 2. The molecule has 7 heteroatoms. The van der Waals surface area contributed by atoms with Crippen LogP contribution in [0, 0.1) is 0 Å². The zero-order valence-electron chi connectivity index (χ0n) is 14.5. The topological polar surface area (TPSA) is 58.5 Å². The Balaban J connectivity index is 0.00000312. The van der Waals surface area contributed by atoms with Gasteiger partial charge in [0.15, 0.2) is 5.96 Å². The summed E-state index contributed by atoms with van der Waals surface area (Å²) in [6.45, 7) is 4.17. The monoisotopic (exact) mass is 474 g/mol. The Morgan fingerprint density at radius 2 is 2.00 bits per heavy atom. The molecule has 0 unspecified atom stereocenters. The van der Waals surface area contributed by atoms with Crippen LogP contribution in [0.25, 0.3) is 0 Å². The van der Waals surface area contributed by atoms with E-state index < -0.39 is 0 Å². The Labute approximate surface area is 171 Å². The fourth-order valence-corrected chi connectivity index (χ4v) is 2.33. The largest absolute Gasteiger partial charge is 0.496 e. The number of para-hydroxylation sites is 1. The highest BCUT2D eigenvalue weighted by Gasteiger charge is 2.02. The molecule has 2 N–H and O–H groups in total. The highest BCUT2D eigenvalue weighted by atomic mass is 127. The lowest BCUT2D eigenvalue weighted by molar-refractivity contribution is 0.410. The molecule has 25 heavy (non-hydrogen) atoms. The first-order valence-electron chi connectivity index (χ1n) is 7.97. The van der Waals surface area contributed by atoms with Crippen LogP contribution < -0.4 is 15.4 Å². The molecule has 0 aliphatic carbocycles. The lowest BCUT2D eigenvalue weighted by Gasteiger charge is -2.12. The second kappa shape index (κ2) is 11.9. The number of benzene rings is 1. The molecule has 1 heterocycles. The summed E-state index contributed by atoms with van der Waals surface area (Å²) in [6, 6.07) is 11.7. The second-order valence-electron chi connectivity index (χ2n) is 5.17. The number of aliphatic imine (C=N–C) groups is 1. The fourth-order valence-electron chi connectivity index (χ4n) is 2.22. The zero-order chi connectivity index (χ0) is 17.2. The number of pyridine rings is 1. The van der Waals surface area contributed by atoms with Crippen LogP contribution in [0.15, 0.2) is 47.6 Å². The van der Waals surface area contributed by atoms with Crippen molar-refractivity contribution >= 4 is 41.5 Å². The van der Waals surface area contributed by atoms with Gasteiger partial charge < -0.3 is 15.4 Å². The molecule has 2 aromatic rings. The first-order chi connectivity index (χ1) is 11.7. The quantitative estimate of drug-likeness (QED) is 0.278. The van der Waals surface area contributed by atoms with Crippen LogP contribution in [0.5, 0.6) is 5.75 Å². The lowest BCUT2D eigenvalue weighted by atomic mass is 10.2. The molecule has 0 aliphatic rings. The fraction of sp³-hybridized carbons (Fsp3) is 0.333. The van der Waals surface area contributed by atoms with Gasteiger partial charge in [-0.2, -0.15) is 0 Å². The predicted molar refractivity (Wildman–Crippen MR) is 114 cm³/mol. The predicted octanol–water partition coefficient (Wildman–Crippen LogP) is 3.66. The number of nitrogens with zero attached hydrogens (tertiary/aromatic N) is 2. The average Bonchev–Trinajstić information content (AvgIpc) is 2.61. The van der Waals surface area contributed by atoms with Crippen LogP contribution in [0.4, 0.5) is 0 Å². The van der Waals surface area contributed by atoms with E-state index in [1.165, 1.54) is 0 Å². The number of hydrogen-bond acceptors (Lipinski definition) is 3. The van der Waals surface area contributed by atoms with E-state index in [0.717, 1.165) is 42.3 Å². The van der Waals surface area contributed by atoms with Crippen LogP contribution in [-0.4, -0.2) is 31.1 Å². The second-order valence-corrected chi connectivity index (χ2v) is 5.56. The summed E-state index contributed by atoms with van der Waals surface area (Å²) in [4.78, 5) is 8.70. The number of rotatable bonds is 7. The molecule has 0 saturated heterocycles. The molecule has 1 aromatic carbocycles. The minimum absolute atomic E-state index is 0. The summed E-state index contributed by atoms with van der Waals surface area (Å²) < 4.78 is 5.36. The van der Waals surface area contributed by atoms with Crippen LogP contribution in [0.1, 0.15) is 18.1 Å². The van der Waals surface area contributed by atoms with Crippen molar-refractivity contribution in [2.24, 2.45) is 4.99 Å². The van der Waals surface area contributed by atoms with Crippen molar-refractivity contribution in [1.29, 1.82) is 0 Å². The summed E-state index contributed by atoms with van der Waals surface area (Å²) in [6.07, 6.45) is 2.64. The Morgan fingerprint density at radius 3 is 2.68 bits per heavy atom. The van der Waals surface area contributed by atoms with Gasteiger partial charge in [0.25, 0.3) is 0 Å². The van der Waals surface area contributed by atoms with E-state index in [9.17, 15) is 0 Å². The van der Waals surface area contributed by atoms with Crippen molar-refractivity contribution in [2.75, 3.05) is 20.2 Å². The maximum absolute atomic E-state index is 5.80. The number of halogens is 2. The molecule has 0 amide bonds. The first kappa shape index (κ1) is 21.5. The maximum atomic E-state index is 5.80. The number of hydrogen-bond donors (Lipinski definition) is 2. The van der Waals surface area contributed by atoms with E-state index in [2.05, 4.69) is 20.6 Å². The van der Waals surface area contributed by atoms with E-state index in [1.807, 2.05) is 37.3 Å². The number of ether oxygens (including phenoxy) is 1. The van der Waals surface area contributed by atoms with E-state index in [4.69, 9.17) is 16.3 Å². The lowest BCUT2D eigenvalue weighted by Crippen LogP contribution is -2.38. The minimum atomic E-state index is 0. The standard InChI is InChI=1S/C18H23ClN4O.HI/c1-3-20-18(21-11-10-14-8-9-17(19)22-12-14)23-13-15-6-4-5-7-16(15)24-2;/h4-9,12H,3,10-11,13H2,1-2H3,(H2,20,21,23);1H. The van der Waals surface area contributed by atoms with Crippen LogP contribution in [0.3, 0.4) is 0 Å². The minimum Gasteiger partial charge on any atom is -0.496 e. The van der Waals surface area contributed by atoms with Crippen LogP contribution >= 0.6 is 35.6 Å². The molecule has 2 rings (SSSR count). The van der Waals surface area contributed by atoms with Gasteiger partial charge in [-0.25, -0.2) is 9.98 Å². The van der Waals surface area contributed by atoms with E-state index in [0.29, 0.717) is 11.7 Å². The van der Waals surface area contributed by atoms with E-state index in [-0.39, 0.29) is 24.0 Å². The summed E-state index contributed by atoms with van der Waals surface area (Å²) in [5, 5.41) is 7.09. The third-order valence-electron chi connectivity index (χ3n) is 3.44. The summed E-state index contributed by atoms with van der Waals surface area (Å²) in [5.41, 5.74) is 2.19. The normalized spacial score (nSPS) is 10.8.